The lowest BCUT2D eigenvalue weighted by Gasteiger charge is -2.14. The van der Waals surface area contributed by atoms with Crippen LogP contribution in [0.4, 0.5) is 0 Å². The molecule has 0 saturated heterocycles. The second-order valence-corrected chi connectivity index (χ2v) is 7.36. The van der Waals surface area contributed by atoms with Crippen LogP contribution >= 0.6 is 11.3 Å². The average molecular weight is 306 g/mol. The zero-order valence-electron chi connectivity index (χ0n) is 13.7. The van der Waals surface area contributed by atoms with Crippen LogP contribution in [0, 0.1) is 13.8 Å². The minimum atomic E-state index is 0.528. The Balaban J connectivity index is 1.92. The molecule has 0 aromatic carbocycles. The third-order valence-corrected chi connectivity index (χ3v) is 4.51. The van der Waals surface area contributed by atoms with E-state index >= 15 is 0 Å². The van der Waals surface area contributed by atoms with Gasteiger partial charge in [0.15, 0.2) is 0 Å². The standard InChI is InChI=1S/C17H26N2OS/c1-12(2)18-9-17-8-15(14(4)21-17)10-19(5)11-16-7-6-13(3)20-16/h6-8,12,18H,9-11H2,1-5H3. The molecule has 2 heterocycles. The molecule has 116 valence electrons. The van der Waals surface area contributed by atoms with Gasteiger partial charge in [-0.25, -0.2) is 0 Å². The van der Waals surface area contributed by atoms with Crippen LogP contribution in [0.2, 0.25) is 0 Å². The molecular weight excluding hydrogens is 280 g/mol. The highest BCUT2D eigenvalue weighted by Crippen LogP contribution is 2.23. The van der Waals surface area contributed by atoms with Crippen LogP contribution in [-0.4, -0.2) is 18.0 Å². The van der Waals surface area contributed by atoms with Crippen molar-refractivity contribution in [1.29, 1.82) is 0 Å². The Morgan fingerprint density at radius 2 is 2.00 bits per heavy atom. The summed E-state index contributed by atoms with van der Waals surface area (Å²) in [7, 11) is 2.14. The first-order chi connectivity index (χ1) is 9.94. The van der Waals surface area contributed by atoms with Gasteiger partial charge in [-0.2, -0.15) is 0 Å². The lowest BCUT2D eigenvalue weighted by atomic mass is 10.2. The van der Waals surface area contributed by atoms with Crippen LogP contribution in [0.15, 0.2) is 22.6 Å². The largest absolute Gasteiger partial charge is 0.465 e. The molecule has 0 fully saturated rings. The van der Waals surface area contributed by atoms with Gasteiger partial charge >= 0.3 is 0 Å². The van der Waals surface area contributed by atoms with Gasteiger partial charge in [0, 0.05) is 28.9 Å². The summed E-state index contributed by atoms with van der Waals surface area (Å²) in [5, 5.41) is 3.48. The minimum Gasteiger partial charge on any atom is -0.465 e. The molecule has 0 bridgehead atoms. The fraction of sp³-hybridized carbons (Fsp3) is 0.529. The van der Waals surface area contributed by atoms with E-state index in [1.54, 1.807) is 0 Å². The Morgan fingerprint density at radius 1 is 1.24 bits per heavy atom. The Kier molecular flexibility index (Phi) is 5.62. The van der Waals surface area contributed by atoms with E-state index < -0.39 is 0 Å². The third kappa shape index (κ3) is 4.99. The lowest BCUT2D eigenvalue weighted by Crippen LogP contribution is -2.21. The summed E-state index contributed by atoms with van der Waals surface area (Å²) >= 11 is 1.90. The van der Waals surface area contributed by atoms with E-state index in [9.17, 15) is 0 Å². The summed E-state index contributed by atoms with van der Waals surface area (Å²) in [4.78, 5) is 5.13. The van der Waals surface area contributed by atoms with Crippen molar-refractivity contribution in [3.05, 3.63) is 45.0 Å². The number of hydrogen-bond donors (Lipinski definition) is 1. The van der Waals surface area contributed by atoms with Crippen molar-refractivity contribution < 1.29 is 4.42 Å². The van der Waals surface area contributed by atoms with Crippen molar-refractivity contribution in [3.8, 4) is 0 Å². The Bertz CT molecular complexity index is 571. The van der Waals surface area contributed by atoms with Crippen LogP contribution in [-0.2, 0) is 19.6 Å². The number of aryl methyl sites for hydroxylation is 2. The molecule has 21 heavy (non-hydrogen) atoms. The highest BCUT2D eigenvalue weighted by atomic mass is 32.1. The molecule has 0 aliphatic rings. The second-order valence-electron chi connectivity index (χ2n) is 6.01. The fourth-order valence-corrected chi connectivity index (χ4v) is 3.32. The summed E-state index contributed by atoms with van der Waals surface area (Å²) in [6.07, 6.45) is 0. The first kappa shape index (κ1) is 16.3. The molecule has 4 heteroatoms. The molecule has 0 amide bonds. The van der Waals surface area contributed by atoms with Crippen molar-refractivity contribution in [2.75, 3.05) is 7.05 Å². The molecule has 3 nitrogen and oxygen atoms in total. The van der Waals surface area contributed by atoms with Gasteiger partial charge in [0.05, 0.1) is 6.54 Å². The fourth-order valence-electron chi connectivity index (χ4n) is 2.32. The van der Waals surface area contributed by atoms with Crippen molar-refractivity contribution >= 4 is 11.3 Å². The van der Waals surface area contributed by atoms with Crippen molar-refractivity contribution in [1.82, 2.24) is 10.2 Å². The van der Waals surface area contributed by atoms with E-state index in [1.807, 2.05) is 24.3 Å². The molecule has 2 aromatic rings. The summed E-state index contributed by atoms with van der Waals surface area (Å²) in [6.45, 7) is 11.3. The highest BCUT2D eigenvalue weighted by Gasteiger charge is 2.10. The van der Waals surface area contributed by atoms with Crippen LogP contribution < -0.4 is 5.32 Å². The number of hydrogen-bond acceptors (Lipinski definition) is 4. The van der Waals surface area contributed by atoms with E-state index in [2.05, 4.69) is 50.2 Å². The summed E-state index contributed by atoms with van der Waals surface area (Å²) < 4.78 is 5.64. The van der Waals surface area contributed by atoms with Gasteiger partial charge in [-0.05, 0) is 44.7 Å². The average Bonchev–Trinajstić information content (AvgIpc) is 2.94. The second kappa shape index (κ2) is 7.25. The molecular formula is C17H26N2OS. The summed E-state index contributed by atoms with van der Waals surface area (Å²) in [6, 6.07) is 6.94. The first-order valence-corrected chi connectivity index (χ1v) is 8.31. The number of nitrogens with one attached hydrogen (secondary N) is 1. The number of furan rings is 1. The predicted molar refractivity (Wildman–Crippen MR) is 89.6 cm³/mol. The van der Waals surface area contributed by atoms with Gasteiger partial charge in [0.25, 0.3) is 0 Å². The monoisotopic (exact) mass is 306 g/mol. The number of thiophene rings is 1. The lowest BCUT2D eigenvalue weighted by molar-refractivity contribution is 0.285. The quantitative estimate of drug-likeness (QED) is 0.835. The van der Waals surface area contributed by atoms with Gasteiger partial charge in [0.1, 0.15) is 11.5 Å². The maximum absolute atomic E-state index is 5.64. The van der Waals surface area contributed by atoms with Gasteiger partial charge in [0.2, 0.25) is 0 Å². The van der Waals surface area contributed by atoms with Crippen LogP contribution in [0.3, 0.4) is 0 Å². The number of nitrogens with zero attached hydrogens (tertiary/aromatic N) is 1. The summed E-state index contributed by atoms with van der Waals surface area (Å²) in [5.41, 5.74) is 1.42. The molecule has 2 aromatic heterocycles. The maximum atomic E-state index is 5.64. The van der Waals surface area contributed by atoms with Crippen molar-refractivity contribution in [3.63, 3.8) is 0 Å². The molecule has 0 spiro atoms. The van der Waals surface area contributed by atoms with E-state index in [1.165, 1.54) is 15.3 Å². The topological polar surface area (TPSA) is 28.4 Å². The van der Waals surface area contributed by atoms with Crippen LogP contribution in [0.5, 0.6) is 0 Å². The van der Waals surface area contributed by atoms with E-state index in [0.717, 1.165) is 31.2 Å². The molecule has 0 saturated carbocycles. The van der Waals surface area contributed by atoms with E-state index in [0.29, 0.717) is 6.04 Å². The van der Waals surface area contributed by atoms with Crippen LogP contribution in [0.25, 0.3) is 0 Å². The number of rotatable bonds is 7. The van der Waals surface area contributed by atoms with Gasteiger partial charge < -0.3 is 9.73 Å². The Hall–Kier alpha value is -1.10. The first-order valence-electron chi connectivity index (χ1n) is 7.49. The third-order valence-electron chi connectivity index (χ3n) is 3.42. The van der Waals surface area contributed by atoms with Crippen molar-refractivity contribution in [2.24, 2.45) is 0 Å². The molecule has 2 rings (SSSR count). The van der Waals surface area contributed by atoms with E-state index in [-0.39, 0.29) is 0 Å². The molecule has 0 aliphatic heterocycles. The SMILES string of the molecule is Cc1ccc(CN(C)Cc2cc(CNC(C)C)sc2C)o1. The predicted octanol–water partition coefficient (Wildman–Crippen LogP) is 4.09. The van der Waals surface area contributed by atoms with Gasteiger partial charge in [-0.15, -0.1) is 11.3 Å². The highest BCUT2D eigenvalue weighted by molar-refractivity contribution is 7.12. The molecule has 0 atom stereocenters. The normalized spacial score (nSPS) is 11.8. The van der Waals surface area contributed by atoms with Crippen LogP contribution in [0.1, 0.15) is 40.7 Å². The van der Waals surface area contributed by atoms with Gasteiger partial charge in [-0.3, -0.25) is 4.90 Å². The summed E-state index contributed by atoms with van der Waals surface area (Å²) in [5.74, 6) is 2.01. The molecule has 1 N–H and O–H groups in total. The minimum absolute atomic E-state index is 0.528. The molecule has 0 unspecified atom stereocenters. The maximum Gasteiger partial charge on any atom is 0.118 e. The van der Waals surface area contributed by atoms with Gasteiger partial charge in [-0.1, -0.05) is 13.8 Å². The zero-order valence-corrected chi connectivity index (χ0v) is 14.5. The van der Waals surface area contributed by atoms with Crippen molar-refractivity contribution in [2.45, 2.75) is 53.4 Å². The molecule has 0 aliphatic carbocycles. The zero-order chi connectivity index (χ0) is 15.4. The smallest absolute Gasteiger partial charge is 0.118 e. The Morgan fingerprint density at radius 3 is 2.62 bits per heavy atom. The Labute approximate surface area is 132 Å². The van der Waals surface area contributed by atoms with E-state index in [4.69, 9.17) is 4.42 Å². The molecule has 0 radical (unpaired) electrons.